The van der Waals surface area contributed by atoms with Crippen LogP contribution >= 0.6 is 0 Å². The summed E-state index contributed by atoms with van der Waals surface area (Å²) < 4.78 is 5.97. The number of aryl methyl sites for hydroxylation is 1. The summed E-state index contributed by atoms with van der Waals surface area (Å²) in [5, 5.41) is 8.49. The van der Waals surface area contributed by atoms with Crippen molar-refractivity contribution in [1.82, 2.24) is 0 Å². The molecule has 1 aromatic carbocycles. The second-order valence-corrected chi connectivity index (χ2v) is 10.7. The maximum atomic E-state index is 12.8. The highest BCUT2D eigenvalue weighted by molar-refractivity contribution is 5.72. The fourth-order valence-electron chi connectivity index (χ4n) is 5.78. The van der Waals surface area contributed by atoms with Gasteiger partial charge in [-0.1, -0.05) is 68.7 Å². The van der Waals surface area contributed by atoms with E-state index < -0.39 is 0 Å². The Morgan fingerprint density at radius 2 is 1.71 bits per heavy atom. The van der Waals surface area contributed by atoms with E-state index in [-0.39, 0.29) is 18.0 Å². The molecule has 0 N–H and O–H groups in total. The van der Waals surface area contributed by atoms with Gasteiger partial charge in [0.1, 0.15) is 6.10 Å². The predicted molar refractivity (Wildman–Crippen MR) is 144 cm³/mol. The van der Waals surface area contributed by atoms with Crippen molar-refractivity contribution in [3.63, 3.8) is 0 Å². The monoisotopic (exact) mass is 475 g/mol. The van der Waals surface area contributed by atoms with Gasteiger partial charge in [0.05, 0.1) is 12.0 Å². The molecule has 2 saturated carbocycles. The van der Waals surface area contributed by atoms with Crippen LogP contribution in [0.1, 0.15) is 114 Å². The summed E-state index contributed by atoms with van der Waals surface area (Å²) in [6.45, 7) is 2.26. The lowest BCUT2D eigenvalue weighted by Gasteiger charge is -2.31. The van der Waals surface area contributed by atoms with Crippen molar-refractivity contribution in [1.29, 1.82) is 5.26 Å². The molecule has 1 aromatic rings. The zero-order valence-electron chi connectivity index (χ0n) is 21.8. The van der Waals surface area contributed by atoms with Crippen molar-refractivity contribution in [2.75, 3.05) is 0 Å². The van der Waals surface area contributed by atoms with Gasteiger partial charge in [-0.05, 0) is 100 Å². The van der Waals surface area contributed by atoms with Gasteiger partial charge in [-0.3, -0.25) is 4.79 Å². The van der Waals surface area contributed by atoms with E-state index in [4.69, 9.17) is 10.00 Å². The molecular formula is C32H45NO2. The first-order chi connectivity index (χ1) is 17.2. The van der Waals surface area contributed by atoms with Crippen LogP contribution in [0.3, 0.4) is 0 Å². The largest absolute Gasteiger partial charge is 0.462 e. The van der Waals surface area contributed by atoms with Gasteiger partial charge in [0.25, 0.3) is 0 Å². The Hall–Kier alpha value is -2.34. The highest BCUT2D eigenvalue weighted by Gasteiger charge is 2.31. The van der Waals surface area contributed by atoms with Crippen LogP contribution in [0.5, 0.6) is 0 Å². The number of unbranched alkanes of at least 4 members (excludes halogenated alkanes) is 3. The minimum atomic E-state index is 0.0570. The smallest absolute Gasteiger partial charge is 0.309 e. The molecule has 0 bridgehead atoms. The van der Waals surface area contributed by atoms with Gasteiger partial charge in [-0.25, -0.2) is 0 Å². The standard InChI is InChI=1S/C32H45NO2/c1-2-3-4-8-11-26-13-17-28(18-14-26)29-19-21-30(22-20-29)32(34)35-31-23-15-27(16-24-31)12-9-6-5-7-10-25-33/h5-7,10,13-14,17-18,27,29-31H,2-4,8-9,11-12,15-16,19-24H2,1H3. The van der Waals surface area contributed by atoms with E-state index in [1.807, 2.05) is 12.1 Å². The lowest BCUT2D eigenvalue weighted by Crippen LogP contribution is -2.29. The highest BCUT2D eigenvalue weighted by Crippen LogP contribution is 2.37. The van der Waals surface area contributed by atoms with Crippen molar-refractivity contribution < 1.29 is 9.53 Å². The molecule has 190 valence electrons. The maximum absolute atomic E-state index is 12.8. The third-order valence-corrected chi connectivity index (χ3v) is 8.07. The van der Waals surface area contributed by atoms with Crippen LogP contribution in [0.4, 0.5) is 0 Å². The number of nitriles is 1. The summed E-state index contributed by atoms with van der Waals surface area (Å²) in [7, 11) is 0. The Labute approximate surface area is 213 Å². The summed E-state index contributed by atoms with van der Waals surface area (Å²) >= 11 is 0. The van der Waals surface area contributed by atoms with Gasteiger partial charge in [0.2, 0.25) is 0 Å². The second-order valence-electron chi connectivity index (χ2n) is 10.7. The van der Waals surface area contributed by atoms with Gasteiger partial charge < -0.3 is 4.74 Å². The third-order valence-electron chi connectivity index (χ3n) is 8.07. The molecule has 0 heterocycles. The lowest BCUT2D eigenvalue weighted by atomic mass is 9.78. The molecule has 2 aliphatic rings. The summed E-state index contributed by atoms with van der Waals surface area (Å²) in [5.74, 6) is 1.47. The fourth-order valence-corrected chi connectivity index (χ4v) is 5.78. The normalized spacial score (nSPS) is 25.0. The highest BCUT2D eigenvalue weighted by atomic mass is 16.5. The molecular weight excluding hydrogens is 430 g/mol. The van der Waals surface area contributed by atoms with Crippen LogP contribution in [0, 0.1) is 23.2 Å². The van der Waals surface area contributed by atoms with Crippen LogP contribution in [0.25, 0.3) is 0 Å². The van der Waals surface area contributed by atoms with Crippen molar-refractivity contribution in [3.05, 3.63) is 59.7 Å². The molecule has 2 aliphatic carbocycles. The molecule has 3 heteroatoms. The minimum Gasteiger partial charge on any atom is -0.462 e. The van der Waals surface area contributed by atoms with E-state index in [9.17, 15) is 4.79 Å². The van der Waals surface area contributed by atoms with Gasteiger partial charge >= 0.3 is 5.97 Å². The average Bonchev–Trinajstić information content (AvgIpc) is 2.90. The maximum Gasteiger partial charge on any atom is 0.309 e. The van der Waals surface area contributed by atoms with E-state index in [1.54, 1.807) is 6.08 Å². The van der Waals surface area contributed by atoms with Crippen molar-refractivity contribution in [2.45, 2.75) is 115 Å². The van der Waals surface area contributed by atoms with Gasteiger partial charge in [-0.15, -0.1) is 0 Å². The molecule has 2 fully saturated rings. The van der Waals surface area contributed by atoms with Crippen molar-refractivity contribution in [2.24, 2.45) is 11.8 Å². The number of hydrogen-bond donors (Lipinski definition) is 0. The number of esters is 1. The molecule has 3 rings (SSSR count). The molecule has 3 nitrogen and oxygen atoms in total. The number of nitrogens with zero attached hydrogens (tertiary/aromatic N) is 1. The number of ether oxygens (including phenoxy) is 1. The zero-order valence-corrected chi connectivity index (χ0v) is 21.8. The van der Waals surface area contributed by atoms with Crippen LogP contribution in [0.2, 0.25) is 0 Å². The average molecular weight is 476 g/mol. The predicted octanol–water partition coefficient (Wildman–Crippen LogP) is 8.60. The van der Waals surface area contributed by atoms with Gasteiger partial charge in [0.15, 0.2) is 0 Å². The number of benzene rings is 1. The van der Waals surface area contributed by atoms with E-state index in [0.29, 0.717) is 5.92 Å². The van der Waals surface area contributed by atoms with Gasteiger partial charge in [0, 0.05) is 6.08 Å². The minimum absolute atomic E-state index is 0.0570. The van der Waals surface area contributed by atoms with Crippen LogP contribution in [0.15, 0.2) is 48.6 Å². The van der Waals surface area contributed by atoms with Crippen molar-refractivity contribution in [3.8, 4) is 6.07 Å². The van der Waals surface area contributed by atoms with Crippen LogP contribution in [-0.2, 0) is 16.0 Å². The Balaban J connectivity index is 1.32. The van der Waals surface area contributed by atoms with E-state index in [0.717, 1.165) is 63.7 Å². The molecule has 0 spiro atoms. The molecule has 0 aromatic heterocycles. The quantitative estimate of drug-likeness (QED) is 0.132. The molecule has 0 radical (unpaired) electrons. The number of hydrogen-bond acceptors (Lipinski definition) is 3. The van der Waals surface area contributed by atoms with Crippen LogP contribution in [-0.4, -0.2) is 12.1 Å². The summed E-state index contributed by atoms with van der Waals surface area (Å²) in [5.41, 5.74) is 2.91. The third kappa shape index (κ3) is 9.67. The number of carbonyl (C=O) groups excluding carboxylic acids is 1. The molecule has 0 atom stereocenters. The van der Waals surface area contributed by atoms with E-state index >= 15 is 0 Å². The van der Waals surface area contributed by atoms with E-state index in [1.165, 1.54) is 55.7 Å². The summed E-state index contributed by atoms with van der Waals surface area (Å²) in [6.07, 6.45) is 24.6. The first kappa shape index (κ1) is 27.3. The molecule has 0 aliphatic heterocycles. The van der Waals surface area contributed by atoms with E-state index in [2.05, 4.69) is 37.3 Å². The first-order valence-electron chi connectivity index (χ1n) is 14.2. The summed E-state index contributed by atoms with van der Waals surface area (Å²) in [6, 6.07) is 11.3. The van der Waals surface area contributed by atoms with Crippen LogP contribution < -0.4 is 0 Å². The number of allylic oxidation sites excluding steroid dienone is 4. The fraction of sp³-hybridized carbons (Fsp3) is 0.625. The summed E-state index contributed by atoms with van der Waals surface area (Å²) in [4.78, 5) is 12.8. The molecule has 0 unspecified atom stereocenters. The first-order valence-corrected chi connectivity index (χ1v) is 14.2. The SMILES string of the molecule is CCCCCCc1ccc(C2CCC(C(=O)OC3CCC(CCC=CC=CC#N)CC3)CC2)cc1. The Morgan fingerprint density at radius 3 is 2.40 bits per heavy atom. The lowest BCUT2D eigenvalue weighted by molar-refractivity contribution is -0.157. The molecule has 0 saturated heterocycles. The Morgan fingerprint density at radius 1 is 0.971 bits per heavy atom. The second kappa shape index (κ2) is 15.6. The molecule has 35 heavy (non-hydrogen) atoms. The molecule has 0 amide bonds. The topological polar surface area (TPSA) is 50.1 Å². The Bertz CT molecular complexity index is 831. The van der Waals surface area contributed by atoms with Crippen molar-refractivity contribution >= 4 is 5.97 Å². The Kier molecular flexibility index (Phi) is 12.2. The zero-order chi connectivity index (χ0) is 24.7. The van der Waals surface area contributed by atoms with Gasteiger partial charge in [-0.2, -0.15) is 5.26 Å². The number of rotatable bonds is 12. The number of carbonyl (C=O) groups is 1.